The van der Waals surface area contributed by atoms with E-state index < -0.39 is 5.97 Å². The number of anilines is 1. The van der Waals surface area contributed by atoms with Crippen LogP contribution in [0.2, 0.25) is 0 Å². The number of aromatic nitrogens is 1. The molecule has 1 aromatic rings. The standard InChI is InChI=1S/C13H20N2O2/c1-4-10(5-2)9(3)15-12-8-11(13(16)17)6-7-14-12/h6-10H,4-5H2,1-3H3,(H,14,15)(H,16,17). The number of hydrogen-bond acceptors (Lipinski definition) is 3. The lowest BCUT2D eigenvalue weighted by atomic mass is 9.95. The number of pyridine rings is 1. The molecular weight excluding hydrogens is 216 g/mol. The molecule has 2 N–H and O–H groups in total. The SMILES string of the molecule is CCC(CC)C(C)Nc1cc(C(=O)O)ccn1. The van der Waals surface area contributed by atoms with Gasteiger partial charge in [-0.2, -0.15) is 0 Å². The van der Waals surface area contributed by atoms with Crippen LogP contribution in [0.3, 0.4) is 0 Å². The molecule has 1 atom stereocenters. The van der Waals surface area contributed by atoms with Crippen molar-refractivity contribution < 1.29 is 9.90 Å². The largest absolute Gasteiger partial charge is 0.478 e. The maximum Gasteiger partial charge on any atom is 0.335 e. The molecule has 0 spiro atoms. The molecule has 0 radical (unpaired) electrons. The molecule has 0 bridgehead atoms. The van der Waals surface area contributed by atoms with Gasteiger partial charge in [0.05, 0.1) is 5.56 Å². The zero-order chi connectivity index (χ0) is 12.8. The molecule has 1 aromatic heterocycles. The van der Waals surface area contributed by atoms with Crippen LogP contribution in [0.15, 0.2) is 18.3 Å². The van der Waals surface area contributed by atoms with Gasteiger partial charge in [0.1, 0.15) is 5.82 Å². The Morgan fingerprint density at radius 3 is 2.65 bits per heavy atom. The quantitative estimate of drug-likeness (QED) is 0.797. The molecule has 4 heteroatoms. The molecular formula is C13H20N2O2. The van der Waals surface area contributed by atoms with Crippen LogP contribution in [-0.4, -0.2) is 22.1 Å². The number of rotatable bonds is 6. The van der Waals surface area contributed by atoms with Gasteiger partial charge in [-0.05, 0) is 25.0 Å². The highest BCUT2D eigenvalue weighted by atomic mass is 16.4. The fraction of sp³-hybridized carbons (Fsp3) is 0.538. The summed E-state index contributed by atoms with van der Waals surface area (Å²) in [6.07, 6.45) is 3.72. The van der Waals surface area contributed by atoms with Crippen LogP contribution >= 0.6 is 0 Å². The first kappa shape index (κ1) is 13.5. The van der Waals surface area contributed by atoms with Crippen molar-refractivity contribution in [2.45, 2.75) is 39.7 Å². The van der Waals surface area contributed by atoms with Gasteiger partial charge < -0.3 is 10.4 Å². The Morgan fingerprint density at radius 1 is 1.47 bits per heavy atom. The summed E-state index contributed by atoms with van der Waals surface area (Å²) in [5, 5.41) is 12.2. The van der Waals surface area contributed by atoms with Crippen molar-refractivity contribution in [3.63, 3.8) is 0 Å². The predicted molar refractivity (Wildman–Crippen MR) is 68.4 cm³/mol. The first-order chi connectivity index (χ1) is 8.08. The topological polar surface area (TPSA) is 62.2 Å². The number of aromatic carboxylic acids is 1. The highest BCUT2D eigenvalue weighted by Crippen LogP contribution is 2.17. The summed E-state index contributed by atoms with van der Waals surface area (Å²) >= 11 is 0. The molecule has 0 aromatic carbocycles. The molecule has 1 heterocycles. The molecule has 0 aliphatic carbocycles. The number of hydrogen-bond donors (Lipinski definition) is 2. The van der Waals surface area contributed by atoms with E-state index in [9.17, 15) is 4.79 Å². The summed E-state index contributed by atoms with van der Waals surface area (Å²) in [5.41, 5.74) is 0.263. The van der Waals surface area contributed by atoms with Crippen LogP contribution in [0.25, 0.3) is 0 Å². The fourth-order valence-electron chi connectivity index (χ4n) is 1.99. The third-order valence-corrected chi connectivity index (χ3v) is 3.14. The Hall–Kier alpha value is -1.58. The van der Waals surface area contributed by atoms with E-state index in [4.69, 9.17) is 5.11 Å². The maximum atomic E-state index is 10.8. The van der Waals surface area contributed by atoms with Crippen molar-refractivity contribution in [2.75, 3.05) is 5.32 Å². The summed E-state index contributed by atoms with van der Waals surface area (Å²) in [6.45, 7) is 6.42. The smallest absolute Gasteiger partial charge is 0.335 e. The van der Waals surface area contributed by atoms with Crippen LogP contribution in [-0.2, 0) is 0 Å². The average Bonchev–Trinajstić information content (AvgIpc) is 2.30. The van der Waals surface area contributed by atoms with Crippen molar-refractivity contribution in [1.82, 2.24) is 4.98 Å². The molecule has 0 aliphatic heterocycles. The van der Waals surface area contributed by atoms with E-state index in [0.717, 1.165) is 12.8 Å². The molecule has 1 unspecified atom stereocenters. The summed E-state index contributed by atoms with van der Waals surface area (Å²) < 4.78 is 0. The van der Waals surface area contributed by atoms with E-state index in [-0.39, 0.29) is 5.56 Å². The second-order valence-electron chi connectivity index (χ2n) is 4.24. The second kappa shape index (κ2) is 6.23. The molecule has 0 amide bonds. The number of nitrogens with zero attached hydrogens (tertiary/aromatic N) is 1. The lowest BCUT2D eigenvalue weighted by Crippen LogP contribution is -2.25. The number of carbonyl (C=O) groups is 1. The van der Waals surface area contributed by atoms with Crippen LogP contribution in [0, 0.1) is 5.92 Å². The second-order valence-corrected chi connectivity index (χ2v) is 4.24. The Kier molecular flexibility index (Phi) is 4.94. The van der Waals surface area contributed by atoms with Crippen molar-refractivity contribution in [3.8, 4) is 0 Å². The van der Waals surface area contributed by atoms with Gasteiger partial charge in [-0.15, -0.1) is 0 Å². The molecule has 0 saturated heterocycles. The van der Waals surface area contributed by atoms with E-state index in [1.54, 1.807) is 6.07 Å². The summed E-state index contributed by atoms with van der Waals surface area (Å²) in [7, 11) is 0. The van der Waals surface area contributed by atoms with Gasteiger partial charge in [0.15, 0.2) is 0 Å². The third kappa shape index (κ3) is 3.73. The third-order valence-electron chi connectivity index (χ3n) is 3.14. The van der Waals surface area contributed by atoms with E-state index >= 15 is 0 Å². The Bertz CT molecular complexity index is 375. The fourth-order valence-corrected chi connectivity index (χ4v) is 1.99. The average molecular weight is 236 g/mol. The molecule has 94 valence electrons. The minimum absolute atomic E-state index is 0.263. The Morgan fingerprint density at radius 2 is 2.12 bits per heavy atom. The predicted octanol–water partition coefficient (Wildman–Crippen LogP) is 3.02. The number of carboxylic acids is 1. The van der Waals surface area contributed by atoms with Gasteiger partial charge in [-0.3, -0.25) is 0 Å². The van der Waals surface area contributed by atoms with Crippen LogP contribution in [0.4, 0.5) is 5.82 Å². The molecule has 4 nitrogen and oxygen atoms in total. The lowest BCUT2D eigenvalue weighted by Gasteiger charge is -2.23. The molecule has 17 heavy (non-hydrogen) atoms. The highest BCUT2D eigenvalue weighted by Gasteiger charge is 2.14. The first-order valence-electron chi connectivity index (χ1n) is 6.04. The molecule has 1 rings (SSSR count). The molecule has 0 fully saturated rings. The lowest BCUT2D eigenvalue weighted by molar-refractivity contribution is 0.0697. The van der Waals surface area contributed by atoms with Gasteiger partial charge >= 0.3 is 5.97 Å². The number of nitrogens with one attached hydrogen (secondary N) is 1. The van der Waals surface area contributed by atoms with Crippen molar-refractivity contribution in [1.29, 1.82) is 0 Å². The van der Waals surface area contributed by atoms with E-state index in [1.165, 1.54) is 12.3 Å². The summed E-state index contributed by atoms with van der Waals surface area (Å²) in [4.78, 5) is 15.0. The Labute approximate surface area is 102 Å². The zero-order valence-corrected chi connectivity index (χ0v) is 10.6. The van der Waals surface area contributed by atoms with Gasteiger partial charge in [-0.1, -0.05) is 26.7 Å². The van der Waals surface area contributed by atoms with Crippen LogP contribution in [0.1, 0.15) is 44.0 Å². The maximum absolute atomic E-state index is 10.8. The zero-order valence-electron chi connectivity index (χ0n) is 10.6. The van der Waals surface area contributed by atoms with Crippen molar-refractivity contribution >= 4 is 11.8 Å². The van der Waals surface area contributed by atoms with Crippen LogP contribution < -0.4 is 5.32 Å². The summed E-state index contributed by atoms with van der Waals surface area (Å²) in [6, 6.07) is 3.36. The minimum Gasteiger partial charge on any atom is -0.478 e. The highest BCUT2D eigenvalue weighted by molar-refractivity contribution is 5.88. The monoisotopic (exact) mass is 236 g/mol. The van der Waals surface area contributed by atoms with Gasteiger partial charge in [0.25, 0.3) is 0 Å². The van der Waals surface area contributed by atoms with Crippen molar-refractivity contribution in [3.05, 3.63) is 23.9 Å². The number of carboxylic acid groups (broad SMARTS) is 1. The van der Waals surface area contributed by atoms with Crippen LogP contribution in [0.5, 0.6) is 0 Å². The molecule has 0 aliphatic rings. The Balaban J connectivity index is 2.74. The normalized spacial score (nSPS) is 12.5. The van der Waals surface area contributed by atoms with E-state index in [2.05, 4.69) is 31.1 Å². The van der Waals surface area contributed by atoms with E-state index in [0.29, 0.717) is 17.8 Å². The summed E-state index contributed by atoms with van der Waals surface area (Å²) in [5.74, 6) is 0.278. The minimum atomic E-state index is -0.925. The van der Waals surface area contributed by atoms with E-state index in [1.807, 2.05) is 0 Å². The first-order valence-corrected chi connectivity index (χ1v) is 6.04. The van der Waals surface area contributed by atoms with Gasteiger partial charge in [0.2, 0.25) is 0 Å². The van der Waals surface area contributed by atoms with Gasteiger partial charge in [-0.25, -0.2) is 9.78 Å². The molecule has 0 saturated carbocycles. The van der Waals surface area contributed by atoms with Crippen molar-refractivity contribution in [2.24, 2.45) is 5.92 Å². The van der Waals surface area contributed by atoms with Gasteiger partial charge in [0, 0.05) is 12.2 Å².